The van der Waals surface area contributed by atoms with E-state index in [2.05, 4.69) is 25.3 Å². The number of carbonyl (C=O) groups excluding carboxylic acids is 1. The third-order valence-electron chi connectivity index (χ3n) is 5.16. The molecular formula is C26H29N7O3S. The number of pyridine rings is 3. The molecule has 0 aliphatic rings. The molecule has 0 saturated heterocycles. The van der Waals surface area contributed by atoms with Gasteiger partial charge >= 0.3 is 0 Å². The van der Waals surface area contributed by atoms with Gasteiger partial charge in [0.15, 0.2) is 11.4 Å². The lowest BCUT2D eigenvalue weighted by Crippen LogP contribution is -1.99. The summed E-state index contributed by atoms with van der Waals surface area (Å²) < 4.78 is 10.3. The van der Waals surface area contributed by atoms with Gasteiger partial charge in [0, 0.05) is 35.8 Å². The molecule has 0 amide bonds. The zero-order valence-electron chi connectivity index (χ0n) is 21.3. The first-order valence-corrected chi connectivity index (χ1v) is 12.0. The Balaban J connectivity index is 0.000000206. The van der Waals surface area contributed by atoms with Crippen molar-refractivity contribution >= 4 is 40.3 Å². The molecule has 0 spiro atoms. The molecule has 0 aliphatic heterocycles. The molecule has 0 bridgehead atoms. The van der Waals surface area contributed by atoms with Crippen molar-refractivity contribution in [1.82, 2.24) is 19.9 Å². The zero-order valence-corrected chi connectivity index (χ0v) is 22.1. The van der Waals surface area contributed by atoms with Gasteiger partial charge < -0.3 is 26.3 Å². The van der Waals surface area contributed by atoms with E-state index in [1.807, 2.05) is 26.0 Å². The number of nitrogen functional groups attached to an aromatic ring is 1. The number of aryl methyl sites for hydroxylation is 2. The van der Waals surface area contributed by atoms with Crippen LogP contribution in [0.3, 0.4) is 0 Å². The molecular weight excluding hydrogens is 490 g/mol. The summed E-state index contributed by atoms with van der Waals surface area (Å²) in [5.74, 6) is 1.78. The first kappa shape index (κ1) is 27.1. The van der Waals surface area contributed by atoms with Crippen LogP contribution >= 0.6 is 11.3 Å². The van der Waals surface area contributed by atoms with E-state index in [1.165, 1.54) is 11.3 Å². The number of hydrogen-bond donors (Lipinski definition) is 3. The number of methoxy groups -OCH3 is 2. The summed E-state index contributed by atoms with van der Waals surface area (Å²) in [6.45, 7) is 3.79. The predicted molar refractivity (Wildman–Crippen MR) is 148 cm³/mol. The van der Waals surface area contributed by atoms with Crippen molar-refractivity contribution in [3.05, 3.63) is 70.4 Å². The Hall–Kier alpha value is -4.51. The third kappa shape index (κ3) is 6.79. The van der Waals surface area contributed by atoms with Crippen molar-refractivity contribution in [3.8, 4) is 22.6 Å². The first-order chi connectivity index (χ1) is 17.8. The summed E-state index contributed by atoms with van der Waals surface area (Å²) in [5.41, 5.74) is 17.0. The SMILES string of the molecule is CNc1nc(N)c(/C=C(\N)c2ccc(OC)cn2)s1.COc1cnc(C)cc1-c1cc(C)ncc1C=O. The maximum absolute atomic E-state index is 11.1. The fourth-order valence-electron chi connectivity index (χ4n) is 3.26. The molecule has 4 aromatic rings. The van der Waals surface area contributed by atoms with Gasteiger partial charge in [-0.3, -0.25) is 19.7 Å². The molecule has 10 nitrogen and oxygen atoms in total. The van der Waals surface area contributed by atoms with Crippen LogP contribution in [0.15, 0.2) is 42.9 Å². The molecule has 0 atom stereocenters. The molecule has 4 rings (SSSR count). The number of thiazole rings is 1. The summed E-state index contributed by atoms with van der Waals surface area (Å²) >= 11 is 1.43. The first-order valence-electron chi connectivity index (χ1n) is 11.1. The number of rotatable bonds is 7. The monoisotopic (exact) mass is 519 g/mol. The highest BCUT2D eigenvalue weighted by Crippen LogP contribution is 2.32. The fourth-order valence-corrected chi connectivity index (χ4v) is 4.05. The number of carbonyl (C=O) groups is 1. The van der Waals surface area contributed by atoms with Crippen molar-refractivity contribution in [2.24, 2.45) is 5.73 Å². The van der Waals surface area contributed by atoms with Gasteiger partial charge in [-0.15, -0.1) is 0 Å². The van der Waals surface area contributed by atoms with Crippen LogP contribution < -0.4 is 26.3 Å². The van der Waals surface area contributed by atoms with Gasteiger partial charge in [-0.2, -0.15) is 0 Å². The highest BCUT2D eigenvalue weighted by molar-refractivity contribution is 7.17. The normalized spacial score (nSPS) is 10.8. The summed E-state index contributed by atoms with van der Waals surface area (Å²) in [7, 11) is 4.97. The smallest absolute Gasteiger partial charge is 0.185 e. The molecule has 0 aromatic carbocycles. The number of nitrogens with two attached hydrogens (primary N) is 2. The maximum Gasteiger partial charge on any atom is 0.185 e. The van der Waals surface area contributed by atoms with E-state index in [0.717, 1.165) is 38.8 Å². The number of hydrogen-bond acceptors (Lipinski definition) is 11. The van der Waals surface area contributed by atoms with Gasteiger partial charge in [-0.25, -0.2) is 4.98 Å². The van der Waals surface area contributed by atoms with Crippen molar-refractivity contribution in [2.75, 3.05) is 32.3 Å². The number of nitrogens with zero attached hydrogens (tertiary/aromatic N) is 4. The number of anilines is 2. The van der Waals surface area contributed by atoms with Crippen molar-refractivity contribution < 1.29 is 14.3 Å². The van der Waals surface area contributed by atoms with Gasteiger partial charge in [0.05, 0.1) is 42.9 Å². The summed E-state index contributed by atoms with van der Waals surface area (Å²) in [6, 6.07) is 7.38. The number of aromatic nitrogens is 4. The van der Waals surface area contributed by atoms with Crippen LogP contribution in [0, 0.1) is 13.8 Å². The van der Waals surface area contributed by atoms with Crippen LogP contribution in [0.2, 0.25) is 0 Å². The number of nitrogens with one attached hydrogen (secondary N) is 1. The van der Waals surface area contributed by atoms with E-state index in [4.69, 9.17) is 20.9 Å². The molecule has 0 aliphatic carbocycles. The quantitative estimate of drug-likeness (QED) is 0.303. The Morgan fingerprint density at radius 3 is 2.27 bits per heavy atom. The van der Waals surface area contributed by atoms with E-state index < -0.39 is 0 Å². The van der Waals surface area contributed by atoms with Crippen molar-refractivity contribution in [1.29, 1.82) is 0 Å². The maximum atomic E-state index is 11.1. The van der Waals surface area contributed by atoms with Crippen molar-refractivity contribution in [3.63, 3.8) is 0 Å². The van der Waals surface area contributed by atoms with Gasteiger partial charge in [0.2, 0.25) is 0 Å². The second-order valence-electron chi connectivity index (χ2n) is 7.76. The molecule has 0 radical (unpaired) electrons. The summed E-state index contributed by atoms with van der Waals surface area (Å²) in [6.07, 6.45) is 7.42. The number of ether oxygens (including phenoxy) is 2. The molecule has 4 aromatic heterocycles. The van der Waals surface area contributed by atoms with Gasteiger partial charge in [-0.05, 0) is 49.8 Å². The van der Waals surface area contributed by atoms with E-state index in [0.29, 0.717) is 34.3 Å². The molecule has 192 valence electrons. The Bertz CT molecular complexity index is 1400. The lowest BCUT2D eigenvalue weighted by Gasteiger charge is -2.11. The van der Waals surface area contributed by atoms with Crippen LogP contribution in [0.1, 0.15) is 32.3 Å². The largest absolute Gasteiger partial charge is 0.495 e. The highest BCUT2D eigenvalue weighted by Gasteiger charge is 2.12. The third-order valence-corrected chi connectivity index (χ3v) is 6.20. The zero-order chi connectivity index (χ0) is 26.9. The van der Waals surface area contributed by atoms with Gasteiger partial charge in [0.25, 0.3) is 0 Å². The molecule has 4 heterocycles. The minimum Gasteiger partial charge on any atom is -0.495 e. The van der Waals surface area contributed by atoms with Crippen LogP contribution in [-0.4, -0.2) is 47.5 Å². The average molecular weight is 520 g/mol. The summed E-state index contributed by atoms with van der Waals surface area (Å²) in [4.78, 5) is 28.6. The molecule has 0 saturated carbocycles. The van der Waals surface area contributed by atoms with Gasteiger partial charge in [0.1, 0.15) is 17.3 Å². The molecule has 0 unspecified atom stereocenters. The highest BCUT2D eigenvalue weighted by atomic mass is 32.1. The van der Waals surface area contributed by atoms with Gasteiger partial charge in [-0.1, -0.05) is 11.3 Å². The fraction of sp³-hybridized carbons (Fsp3) is 0.192. The predicted octanol–water partition coefficient (Wildman–Crippen LogP) is 4.21. The molecule has 37 heavy (non-hydrogen) atoms. The topological polar surface area (TPSA) is 151 Å². The Morgan fingerprint density at radius 1 is 1.00 bits per heavy atom. The van der Waals surface area contributed by atoms with E-state index in [-0.39, 0.29) is 0 Å². The number of aldehydes is 1. The van der Waals surface area contributed by atoms with Crippen LogP contribution in [-0.2, 0) is 0 Å². The lowest BCUT2D eigenvalue weighted by atomic mass is 10.0. The Morgan fingerprint density at radius 2 is 1.70 bits per heavy atom. The molecule has 5 N–H and O–H groups in total. The van der Waals surface area contributed by atoms with Crippen LogP contribution in [0.4, 0.5) is 10.9 Å². The Kier molecular flexibility index (Phi) is 9.11. The minimum absolute atomic E-state index is 0.450. The minimum atomic E-state index is 0.450. The standard InChI is InChI=1S/C14H14N2O2.C12H15N5OS/c1-9-4-12(11(8-17)6-15-9)13-5-10(2)16-7-14(13)18-3;1-15-12-17-11(14)10(19-12)5-8(13)9-4-3-7(18-2)6-16-9/h4-8H,1-3H3;3-6H,13-14H2,1-2H3,(H,15,17)/b;8-5-. The van der Waals surface area contributed by atoms with Crippen molar-refractivity contribution in [2.45, 2.75) is 13.8 Å². The summed E-state index contributed by atoms with van der Waals surface area (Å²) in [5, 5.41) is 3.69. The van der Waals surface area contributed by atoms with Crippen LogP contribution in [0.25, 0.3) is 22.9 Å². The van der Waals surface area contributed by atoms with Crippen LogP contribution in [0.5, 0.6) is 11.5 Å². The van der Waals surface area contributed by atoms with E-state index in [1.54, 1.807) is 58.1 Å². The molecule has 0 fully saturated rings. The lowest BCUT2D eigenvalue weighted by molar-refractivity contribution is 0.112. The van der Waals surface area contributed by atoms with E-state index >= 15 is 0 Å². The Labute approximate surface area is 219 Å². The molecule has 11 heteroatoms. The van der Waals surface area contributed by atoms with E-state index in [9.17, 15) is 4.79 Å². The second kappa shape index (κ2) is 12.5. The average Bonchev–Trinajstić information content (AvgIpc) is 3.28. The second-order valence-corrected chi connectivity index (χ2v) is 8.79.